The lowest BCUT2D eigenvalue weighted by Crippen LogP contribution is -2.56. The Morgan fingerprint density at radius 3 is 2.24 bits per heavy atom. The van der Waals surface area contributed by atoms with Crippen LogP contribution in [-0.2, 0) is 0 Å². The van der Waals surface area contributed by atoms with Crippen LogP contribution >= 0.6 is 0 Å². The molecule has 0 aromatic carbocycles. The Hall–Kier alpha value is -0.0800. The van der Waals surface area contributed by atoms with Crippen molar-refractivity contribution >= 4 is 0 Å². The lowest BCUT2D eigenvalue weighted by molar-refractivity contribution is 0.0550. The van der Waals surface area contributed by atoms with Gasteiger partial charge in [0.1, 0.15) is 0 Å². The number of nitrogens with zero attached hydrogens (tertiary/aromatic N) is 1. The van der Waals surface area contributed by atoms with Crippen molar-refractivity contribution in [1.82, 2.24) is 4.90 Å². The molecule has 2 aliphatic carbocycles. The number of hydrogen-bond donors (Lipinski definition) is 1. The Balaban J connectivity index is 2.05. The molecule has 100 valence electrons. The SMILES string of the molecule is CCC(CN)(C1CC1)N(CCC(C)C)C1CC1. The highest BCUT2D eigenvalue weighted by Gasteiger charge is 2.50. The first kappa shape index (κ1) is 13.4. The fraction of sp³-hybridized carbons (Fsp3) is 1.00. The summed E-state index contributed by atoms with van der Waals surface area (Å²) < 4.78 is 0. The van der Waals surface area contributed by atoms with Crippen molar-refractivity contribution in [2.75, 3.05) is 13.1 Å². The summed E-state index contributed by atoms with van der Waals surface area (Å²) >= 11 is 0. The van der Waals surface area contributed by atoms with E-state index in [2.05, 4.69) is 25.7 Å². The Labute approximate surface area is 107 Å². The fourth-order valence-electron chi connectivity index (χ4n) is 3.33. The van der Waals surface area contributed by atoms with Crippen LogP contribution in [0.4, 0.5) is 0 Å². The highest BCUT2D eigenvalue weighted by Crippen LogP contribution is 2.48. The van der Waals surface area contributed by atoms with Gasteiger partial charge in [0.15, 0.2) is 0 Å². The van der Waals surface area contributed by atoms with Crippen molar-refractivity contribution in [3.8, 4) is 0 Å². The molecule has 1 unspecified atom stereocenters. The molecule has 2 heteroatoms. The van der Waals surface area contributed by atoms with E-state index < -0.39 is 0 Å². The van der Waals surface area contributed by atoms with Crippen LogP contribution in [0, 0.1) is 11.8 Å². The van der Waals surface area contributed by atoms with E-state index in [1.165, 1.54) is 45.1 Å². The van der Waals surface area contributed by atoms with Gasteiger partial charge in [-0.3, -0.25) is 4.90 Å². The largest absolute Gasteiger partial charge is 0.329 e. The third kappa shape index (κ3) is 2.85. The van der Waals surface area contributed by atoms with Crippen LogP contribution in [0.1, 0.15) is 59.3 Å². The van der Waals surface area contributed by atoms with Crippen LogP contribution < -0.4 is 5.73 Å². The molecule has 2 N–H and O–H groups in total. The average molecular weight is 238 g/mol. The van der Waals surface area contributed by atoms with E-state index in [4.69, 9.17) is 5.73 Å². The van der Waals surface area contributed by atoms with Gasteiger partial charge >= 0.3 is 0 Å². The zero-order valence-corrected chi connectivity index (χ0v) is 11.9. The maximum Gasteiger partial charge on any atom is 0.0360 e. The molecular formula is C15H30N2. The molecule has 2 rings (SSSR count). The molecule has 0 saturated heterocycles. The van der Waals surface area contributed by atoms with E-state index >= 15 is 0 Å². The van der Waals surface area contributed by atoms with Gasteiger partial charge < -0.3 is 5.73 Å². The third-order valence-electron chi connectivity index (χ3n) is 4.81. The molecule has 2 saturated carbocycles. The maximum absolute atomic E-state index is 6.19. The lowest BCUT2D eigenvalue weighted by atomic mass is 9.87. The van der Waals surface area contributed by atoms with Crippen LogP contribution in [-0.4, -0.2) is 29.6 Å². The van der Waals surface area contributed by atoms with Gasteiger partial charge in [-0.2, -0.15) is 0 Å². The lowest BCUT2D eigenvalue weighted by Gasteiger charge is -2.44. The first-order valence-electron chi connectivity index (χ1n) is 7.61. The molecule has 1 atom stereocenters. The molecular weight excluding hydrogens is 208 g/mol. The Bertz CT molecular complexity index is 237. The van der Waals surface area contributed by atoms with Crippen molar-refractivity contribution in [3.63, 3.8) is 0 Å². The molecule has 0 bridgehead atoms. The van der Waals surface area contributed by atoms with Crippen LogP contribution in [0.3, 0.4) is 0 Å². The maximum atomic E-state index is 6.19. The molecule has 0 aliphatic heterocycles. The number of nitrogens with two attached hydrogens (primary N) is 1. The van der Waals surface area contributed by atoms with E-state index in [9.17, 15) is 0 Å². The van der Waals surface area contributed by atoms with Crippen molar-refractivity contribution in [3.05, 3.63) is 0 Å². The van der Waals surface area contributed by atoms with Gasteiger partial charge in [0.05, 0.1) is 0 Å². The summed E-state index contributed by atoms with van der Waals surface area (Å²) in [6.45, 7) is 9.14. The van der Waals surface area contributed by atoms with Crippen LogP contribution in [0.5, 0.6) is 0 Å². The Kier molecular flexibility index (Phi) is 4.14. The molecule has 0 radical (unpaired) electrons. The monoisotopic (exact) mass is 238 g/mol. The quantitative estimate of drug-likeness (QED) is 0.704. The molecule has 0 amide bonds. The Morgan fingerprint density at radius 1 is 1.24 bits per heavy atom. The molecule has 0 aromatic rings. The van der Waals surface area contributed by atoms with Gasteiger partial charge in [0.25, 0.3) is 0 Å². The smallest absolute Gasteiger partial charge is 0.0360 e. The van der Waals surface area contributed by atoms with Gasteiger partial charge in [0.2, 0.25) is 0 Å². The standard InChI is InChI=1S/C15H30N2/c1-4-15(11-16,13-5-6-13)17(14-7-8-14)10-9-12(2)3/h12-14H,4-11,16H2,1-3H3. The minimum atomic E-state index is 0.343. The third-order valence-corrected chi connectivity index (χ3v) is 4.81. The zero-order valence-electron chi connectivity index (χ0n) is 11.9. The van der Waals surface area contributed by atoms with E-state index in [-0.39, 0.29) is 0 Å². The predicted molar refractivity (Wildman–Crippen MR) is 74.0 cm³/mol. The second-order valence-corrected chi connectivity index (χ2v) is 6.54. The van der Waals surface area contributed by atoms with Crippen molar-refractivity contribution in [2.45, 2.75) is 70.9 Å². The summed E-state index contributed by atoms with van der Waals surface area (Å²) in [7, 11) is 0. The summed E-state index contributed by atoms with van der Waals surface area (Å²) in [5, 5.41) is 0. The predicted octanol–water partition coefficient (Wildman–Crippen LogP) is 3.01. The normalized spacial score (nSPS) is 24.4. The number of rotatable bonds is 8. The molecule has 0 spiro atoms. The van der Waals surface area contributed by atoms with E-state index in [1.54, 1.807) is 0 Å². The summed E-state index contributed by atoms with van der Waals surface area (Å²) in [4.78, 5) is 2.81. The summed E-state index contributed by atoms with van der Waals surface area (Å²) in [5.74, 6) is 1.70. The highest BCUT2D eigenvalue weighted by atomic mass is 15.3. The molecule has 0 heterocycles. The Morgan fingerprint density at radius 2 is 1.88 bits per heavy atom. The first-order valence-corrected chi connectivity index (χ1v) is 7.61. The van der Waals surface area contributed by atoms with Crippen molar-refractivity contribution in [1.29, 1.82) is 0 Å². The highest BCUT2D eigenvalue weighted by molar-refractivity contribution is 5.06. The topological polar surface area (TPSA) is 29.3 Å². The van der Waals surface area contributed by atoms with Gasteiger partial charge in [0, 0.05) is 18.1 Å². The summed E-state index contributed by atoms with van der Waals surface area (Å²) in [5.41, 5.74) is 6.53. The van der Waals surface area contributed by atoms with Crippen LogP contribution in [0.2, 0.25) is 0 Å². The van der Waals surface area contributed by atoms with Gasteiger partial charge in [-0.1, -0.05) is 20.8 Å². The average Bonchev–Trinajstić information content (AvgIpc) is 3.16. The zero-order chi connectivity index (χ0) is 12.5. The summed E-state index contributed by atoms with van der Waals surface area (Å²) in [6, 6.07) is 0.859. The molecule has 2 aliphatic rings. The van der Waals surface area contributed by atoms with E-state index in [1.807, 2.05) is 0 Å². The van der Waals surface area contributed by atoms with Crippen LogP contribution in [0.15, 0.2) is 0 Å². The first-order chi connectivity index (χ1) is 8.14. The second kappa shape index (κ2) is 5.27. The van der Waals surface area contributed by atoms with E-state index in [0.717, 1.165) is 24.4 Å². The van der Waals surface area contributed by atoms with Gasteiger partial charge in [-0.25, -0.2) is 0 Å². The number of hydrogen-bond acceptors (Lipinski definition) is 2. The van der Waals surface area contributed by atoms with Crippen LogP contribution in [0.25, 0.3) is 0 Å². The molecule has 17 heavy (non-hydrogen) atoms. The molecule has 2 fully saturated rings. The summed E-state index contributed by atoms with van der Waals surface area (Å²) in [6.07, 6.45) is 8.21. The minimum absolute atomic E-state index is 0.343. The molecule has 0 aromatic heterocycles. The molecule has 2 nitrogen and oxygen atoms in total. The second-order valence-electron chi connectivity index (χ2n) is 6.54. The fourth-order valence-corrected chi connectivity index (χ4v) is 3.33. The van der Waals surface area contributed by atoms with E-state index in [0.29, 0.717) is 5.54 Å². The van der Waals surface area contributed by atoms with Gasteiger partial charge in [-0.15, -0.1) is 0 Å². The van der Waals surface area contributed by atoms with Gasteiger partial charge in [-0.05, 0) is 56.9 Å². The van der Waals surface area contributed by atoms with Crippen molar-refractivity contribution < 1.29 is 0 Å². The minimum Gasteiger partial charge on any atom is -0.329 e. The van der Waals surface area contributed by atoms with Crippen molar-refractivity contribution in [2.24, 2.45) is 17.6 Å².